The first-order chi connectivity index (χ1) is 16.0. The van der Waals surface area contributed by atoms with Crippen molar-refractivity contribution in [2.75, 3.05) is 13.2 Å². The fourth-order valence-corrected chi connectivity index (χ4v) is 4.04. The smallest absolute Gasteiger partial charge is 0.303 e. The summed E-state index contributed by atoms with van der Waals surface area (Å²) in [5, 5.41) is 81.0. The summed E-state index contributed by atoms with van der Waals surface area (Å²) in [6.07, 6.45) is -21.6. The van der Waals surface area contributed by atoms with E-state index in [-0.39, 0.29) is 0 Å². The molecule has 3 aliphatic rings. The Kier molecular flexibility index (Phi) is 9.18. The van der Waals surface area contributed by atoms with Gasteiger partial charge in [-0.2, -0.15) is 0 Å². The van der Waals surface area contributed by atoms with Crippen molar-refractivity contribution in [1.82, 2.24) is 0 Å². The summed E-state index contributed by atoms with van der Waals surface area (Å²) in [4.78, 5) is 11.3. The van der Waals surface area contributed by atoms with Gasteiger partial charge >= 0.3 is 5.97 Å². The molecule has 3 heterocycles. The Hall–Kier alpha value is -1.05. The zero-order valence-corrected chi connectivity index (χ0v) is 18.4. The molecular formula is C19H32O15. The molecule has 15 nitrogen and oxygen atoms in total. The molecule has 14 atom stereocenters. The Morgan fingerprint density at radius 1 is 0.824 bits per heavy atom. The van der Waals surface area contributed by atoms with Crippen LogP contribution >= 0.6 is 0 Å². The maximum Gasteiger partial charge on any atom is 0.303 e. The summed E-state index contributed by atoms with van der Waals surface area (Å²) in [6.45, 7) is 1.41. The molecule has 0 bridgehead atoms. The molecule has 0 spiro atoms. The number of carbonyl (C=O) groups excluding carboxylic acids is 1. The van der Waals surface area contributed by atoms with E-state index in [1.54, 1.807) is 0 Å². The van der Waals surface area contributed by atoms with Gasteiger partial charge in [-0.3, -0.25) is 4.79 Å². The molecule has 3 saturated heterocycles. The SMILES string of the molecule is CC(=O)O[C@@H]1[C@@H](O)[C@@H](O)[C@H](O[C@H]2C(O)O[C@H](CO)[C@@H](O)[C@@H]2O[C@@H]2OC[C@@H](O)[C@H](O)[C@H]2O)O[C@H]1C. The molecule has 8 N–H and O–H groups in total. The normalized spacial score (nSPS) is 50.1. The van der Waals surface area contributed by atoms with Crippen LogP contribution in [-0.2, 0) is 33.2 Å². The minimum atomic E-state index is -1.85. The number of aliphatic hydroxyl groups is 8. The first-order valence-electron chi connectivity index (χ1n) is 10.7. The van der Waals surface area contributed by atoms with Gasteiger partial charge in [-0.1, -0.05) is 0 Å². The van der Waals surface area contributed by atoms with Crippen molar-refractivity contribution in [2.45, 2.75) is 99.9 Å². The third kappa shape index (κ3) is 5.67. The molecular weight excluding hydrogens is 468 g/mol. The first kappa shape index (κ1) is 27.5. The van der Waals surface area contributed by atoms with Gasteiger partial charge in [0.2, 0.25) is 0 Å². The van der Waals surface area contributed by atoms with E-state index < -0.39 is 105 Å². The average Bonchev–Trinajstić information content (AvgIpc) is 2.78. The van der Waals surface area contributed by atoms with Gasteiger partial charge in [0.05, 0.1) is 19.3 Å². The Balaban J connectivity index is 1.78. The van der Waals surface area contributed by atoms with Crippen LogP contribution in [-0.4, -0.2) is 146 Å². The number of hydrogen-bond donors (Lipinski definition) is 8. The van der Waals surface area contributed by atoms with Crippen LogP contribution in [0.2, 0.25) is 0 Å². The highest BCUT2D eigenvalue weighted by Crippen LogP contribution is 2.32. The van der Waals surface area contributed by atoms with Crippen molar-refractivity contribution in [3.8, 4) is 0 Å². The Labute approximate surface area is 193 Å². The summed E-state index contributed by atoms with van der Waals surface area (Å²) < 4.78 is 31.9. The standard InChI is InChI=1S/C19H32O15/c1-5-14(31-6(2)21)11(25)13(27)19(30-5)34-16-15(10(24)8(3-20)32-17(16)28)33-18-12(26)9(23)7(22)4-29-18/h5,7-20,22-28H,3-4H2,1-2H3/t5-,7+,8+,9-,10+,11-,12+,13+,14-,15-,16+,17?,18-,19-/m0/s1. The predicted molar refractivity (Wildman–Crippen MR) is 103 cm³/mol. The van der Waals surface area contributed by atoms with Crippen LogP contribution in [0.25, 0.3) is 0 Å². The van der Waals surface area contributed by atoms with E-state index in [9.17, 15) is 45.6 Å². The summed E-state index contributed by atoms with van der Waals surface area (Å²) in [5.41, 5.74) is 0. The Bertz CT molecular complexity index is 680. The lowest BCUT2D eigenvalue weighted by molar-refractivity contribution is -0.381. The molecule has 0 aromatic heterocycles. The van der Waals surface area contributed by atoms with Crippen molar-refractivity contribution in [2.24, 2.45) is 0 Å². The van der Waals surface area contributed by atoms with E-state index in [1.165, 1.54) is 6.92 Å². The number of hydrogen-bond acceptors (Lipinski definition) is 15. The van der Waals surface area contributed by atoms with Crippen molar-refractivity contribution in [1.29, 1.82) is 0 Å². The molecule has 1 unspecified atom stereocenters. The van der Waals surface area contributed by atoms with Crippen molar-refractivity contribution < 1.29 is 74.1 Å². The van der Waals surface area contributed by atoms with Crippen LogP contribution in [0.3, 0.4) is 0 Å². The molecule has 3 aliphatic heterocycles. The second-order valence-corrected chi connectivity index (χ2v) is 8.45. The monoisotopic (exact) mass is 500 g/mol. The van der Waals surface area contributed by atoms with Crippen LogP contribution in [0.1, 0.15) is 13.8 Å². The lowest BCUT2D eigenvalue weighted by Gasteiger charge is -2.47. The molecule has 0 aromatic rings. The third-order valence-electron chi connectivity index (χ3n) is 5.93. The van der Waals surface area contributed by atoms with Crippen molar-refractivity contribution in [3.05, 3.63) is 0 Å². The van der Waals surface area contributed by atoms with Gasteiger partial charge < -0.3 is 69.3 Å². The van der Waals surface area contributed by atoms with Gasteiger partial charge in [0.25, 0.3) is 0 Å². The van der Waals surface area contributed by atoms with Crippen LogP contribution in [0.4, 0.5) is 0 Å². The number of carbonyl (C=O) groups is 1. The highest BCUT2D eigenvalue weighted by Gasteiger charge is 2.53. The van der Waals surface area contributed by atoms with Crippen molar-refractivity contribution >= 4 is 5.97 Å². The minimum absolute atomic E-state index is 0.411. The summed E-state index contributed by atoms with van der Waals surface area (Å²) in [7, 11) is 0. The summed E-state index contributed by atoms with van der Waals surface area (Å²) >= 11 is 0. The van der Waals surface area contributed by atoms with E-state index >= 15 is 0 Å². The molecule has 15 heteroatoms. The Morgan fingerprint density at radius 3 is 2.06 bits per heavy atom. The van der Waals surface area contributed by atoms with Gasteiger partial charge in [0.15, 0.2) is 25.0 Å². The molecule has 198 valence electrons. The zero-order chi connectivity index (χ0) is 25.3. The number of rotatable bonds is 6. The van der Waals surface area contributed by atoms with Crippen LogP contribution < -0.4 is 0 Å². The fraction of sp³-hybridized carbons (Fsp3) is 0.947. The van der Waals surface area contributed by atoms with Gasteiger partial charge in [-0.15, -0.1) is 0 Å². The highest BCUT2D eigenvalue weighted by atomic mass is 16.8. The lowest BCUT2D eigenvalue weighted by atomic mass is 9.97. The average molecular weight is 500 g/mol. The number of aliphatic hydroxyl groups excluding tert-OH is 8. The van der Waals surface area contributed by atoms with Crippen molar-refractivity contribution in [3.63, 3.8) is 0 Å². The van der Waals surface area contributed by atoms with E-state index in [1.807, 2.05) is 0 Å². The second kappa shape index (κ2) is 11.3. The van der Waals surface area contributed by atoms with Crippen LogP contribution in [0.5, 0.6) is 0 Å². The fourth-order valence-electron chi connectivity index (χ4n) is 4.04. The van der Waals surface area contributed by atoms with Crippen LogP contribution in [0, 0.1) is 0 Å². The Morgan fingerprint density at radius 2 is 1.44 bits per heavy atom. The molecule has 3 fully saturated rings. The molecule has 34 heavy (non-hydrogen) atoms. The van der Waals surface area contributed by atoms with E-state index in [4.69, 9.17) is 28.4 Å². The van der Waals surface area contributed by atoms with Gasteiger partial charge in [0, 0.05) is 6.92 Å². The van der Waals surface area contributed by atoms with Gasteiger partial charge in [0.1, 0.15) is 54.9 Å². The van der Waals surface area contributed by atoms with E-state index in [2.05, 4.69) is 0 Å². The summed E-state index contributed by atoms with van der Waals surface area (Å²) in [6, 6.07) is 0. The molecule has 0 saturated carbocycles. The first-order valence-corrected chi connectivity index (χ1v) is 10.7. The maximum atomic E-state index is 11.3. The van der Waals surface area contributed by atoms with Gasteiger partial charge in [-0.05, 0) is 6.92 Å². The molecule has 3 rings (SSSR count). The molecule has 0 amide bonds. The number of ether oxygens (including phenoxy) is 6. The maximum absolute atomic E-state index is 11.3. The zero-order valence-electron chi connectivity index (χ0n) is 18.4. The van der Waals surface area contributed by atoms with E-state index in [0.29, 0.717) is 0 Å². The molecule has 0 radical (unpaired) electrons. The van der Waals surface area contributed by atoms with Crippen LogP contribution in [0.15, 0.2) is 0 Å². The molecule has 0 aromatic carbocycles. The minimum Gasteiger partial charge on any atom is -0.457 e. The van der Waals surface area contributed by atoms with E-state index in [0.717, 1.165) is 6.92 Å². The summed E-state index contributed by atoms with van der Waals surface area (Å²) in [5.74, 6) is -0.716. The topological polar surface area (TPSA) is 234 Å². The lowest BCUT2D eigenvalue weighted by Crippen LogP contribution is -2.66. The second-order valence-electron chi connectivity index (χ2n) is 8.45. The third-order valence-corrected chi connectivity index (χ3v) is 5.93. The highest BCUT2D eigenvalue weighted by molar-refractivity contribution is 5.66. The largest absolute Gasteiger partial charge is 0.457 e. The number of esters is 1. The predicted octanol–water partition coefficient (Wildman–Crippen LogP) is -5.34. The molecule has 0 aliphatic carbocycles. The van der Waals surface area contributed by atoms with Gasteiger partial charge in [-0.25, -0.2) is 0 Å². The quantitative estimate of drug-likeness (QED) is 0.159.